The van der Waals surface area contributed by atoms with Gasteiger partial charge in [0.2, 0.25) is 0 Å². The van der Waals surface area contributed by atoms with Crippen molar-refractivity contribution in [1.29, 1.82) is 0 Å². The lowest BCUT2D eigenvalue weighted by Gasteiger charge is -2.34. The molecule has 1 aliphatic carbocycles. The highest BCUT2D eigenvalue weighted by Gasteiger charge is 2.42. The summed E-state index contributed by atoms with van der Waals surface area (Å²) in [6.07, 6.45) is 2.31. The van der Waals surface area contributed by atoms with E-state index in [1.54, 1.807) is 0 Å². The Kier molecular flexibility index (Phi) is 6.60. The van der Waals surface area contributed by atoms with E-state index >= 15 is 0 Å². The van der Waals surface area contributed by atoms with Gasteiger partial charge in [-0.05, 0) is 60.7 Å². The number of para-hydroxylation sites is 4. The van der Waals surface area contributed by atoms with Gasteiger partial charge < -0.3 is 14.5 Å². The van der Waals surface area contributed by atoms with Gasteiger partial charge in [0.25, 0.3) is 0 Å². The Bertz CT molecular complexity index is 2150. The van der Waals surface area contributed by atoms with Gasteiger partial charge in [0.1, 0.15) is 11.9 Å². The van der Waals surface area contributed by atoms with Crippen molar-refractivity contribution >= 4 is 44.9 Å². The second-order valence-corrected chi connectivity index (χ2v) is 12.1. The van der Waals surface area contributed by atoms with Gasteiger partial charge in [-0.25, -0.2) is 0 Å². The number of rotatable bonds is 6. The maximum atomic E-state index is 7.05. The molecule has 3 heteroatoms. The summed E-state index contributed by atoms with van der Waals surface area (Å²) < 4.78 is 7.05. The molecule has 0 aromatic heterocycles. The number of hydrogen-bond donors (Lipinski definition) is 0. The lowest BCUT2D eigenvalue weighted by Crippen LogP contribution is -2.23. The highest BCUT2D eigenvalue weighted by molar-refractivity contribution is 6.04. The average Bonchev–Trinajstić information content (AvgIpc) is 3.53. The lowest BCUT2D eigenvalue weighted by molar-refractivity contribution is 0.225. The smallest absolute Gasteiger partial charge is 0.135 e. The molecule has 1 heterocycles. The van der Waals surface area contributed by atoms with Crippen molar-refractivity contribution in [3.8, 4) is 5.75 Å². The van der Waals surface area contributed by atoms with E-state index < -0.39 is 0 Å². The molecule has 0 amide bonds. The molecule has 0 spiro atoms. The van der Waals surface area contributed by atoms with Crippen LogP contribution in [0, 0.1) is 0 Å². The second-order valence-electron chi connectivity index (χ2n) is 12.1. The largest absolute Gasteiger partial charge is 0.484 e. The summed E-state index contributed by atoms with van der Waals surface area (Å²) in [7, 11) is 0. The predicted octanol–water partition coefficient (Wildman–Crippen LogP) is 11.7. The molecule has 0 saturated heterocycles. The van der Waals surface area contributed by atoms with E-state index in [9.17, 15) is 0 Å². The van der Waals surface area contributed by atoms with Gasteiger partial charge in [0.05, 0.1) is 11.4 Å². The Morgan fingerprint density at radius 2 is 0.894 bits per heavy atom. The van der Waals surface area contributed by atoms with Gasteiger partial charge in [-0.15, -0.1) is 0 Å². The third-order valence-electron chi connectivity index (χ3n) is 9.35. The van der Waals surface area contributed by atoms with E-state index in [0.717, 1.165) is 50.7 Å². The Labute approximate surface area is 275 Å². The fourth-order valence-electron chi connectivity index (χ4n) is 7.31. The Hall–Kier alpha value is -6.06. The molecule has 0 fully saturated rings. The molecule has 2 aliphatic rings. The number of ether oxygens (including phenoxy) is 1. The van der Waals surface area contributed by atoms with Gasteiger partial charge in [-0.1, -0.05) is 121 Å². The molecule has 2 unspecified atom stereocenters. The maximum absolute atomic E-state index is 7.05. The van der Waals surface area contributed by atoms with Crippen LogP contribution in [0.15, 0.2) is 182 Å². The van der Waals surface area contributed by atoms with Crippen LogP contribution in [0.3, 0.4) is 0 Å². The van der Waals surface area contributed by atoms with Crippen LogP contribution in [0.2, 0.25) is 0 Å². The summed E-state index contributed by atoms with van der Waals surface area (Å²) in [6, 6.07) is 62.4. The molecule has 47 heavy (non-hydrogen) atoms. The van der Waals surface area contributed by atoms with E-state index in [4.69, 9.17) is 4.74 Å². The summed E-state index contributed by atoms with van der Waals surface area (Å²) in [6.45, 7) is 0. The summed E-state index contributed by atoms with van der Waals surface area (Å²) >= 11 is 0. The van der Waals surface area contributed by atoms with E-state index in [-0.39, 0.29) is 12.0 Å². The molecule has 0 N–H and O–H groups in total. The molecule has 7 aromatic carbocycles. The van der Waals surface area contributed by atoms with E-state index in [2.05, 4.69) is 192 Å². The summed E-state index contributed by atoms with van der Waals surface area (Å²) in [5.41, 5.74) is 10.4. The number of fused-ring (bicyclic) bond motifs is 7. The highest BCUT2D eigenvalue weighted by atomic mass is 16.5. The molecule has 7 aromatic rings. The quantitative estimate of drug-likeness (QED) is 0.188. The first kappa shape index (κ1) is 27.3. The molecular formula is C44H32N2O. The zero-order valence-electron chi connectivity index (χ0n) is 25.8. The molecule has 0 bridgehead atoms. The van der Waals surface area contributed by atoms with Gasteiger partial charge in [-0.3, -0.25) is 0 Å². The Morgan fingerprint density at radius 3 is 1.47 bits per heavy atom. The van der Waals surface area contributed by atoms with Crippen molar-refractivity contribution in [2.45, 2.75) is 12.0 Å². The van der Waals surface area contributed by atoms with Crippen LogP contribution >= 0.6 is 0 Å². The Morgan fingerprint density at radius 1 is 0.426 bits per heavy atom. The van der Waals surface area contributed by atoms with Crippen LogP contribution in [0.5, 0.6) is 5.75 Å². The maximum Gasteiger partial charge on any atom is 0.135 e. The SMILES string of the molecule is C1=C(N(c2ccccc2)c2ccccc2)c2ccccc2C2Oc3c(cc(N(c4ccccc4)c4ccccc4)c4ccccc34)C12. The summed E-state index contributed by atoms with van der Waals surface area (Å²) in [5, 5.41) is 2.28. The van der Waals surface area contributed by atoms with Crippen LogP contribution in [0.4, 0.5) is 28.4 Å². The minimum absolute atomic E-state index is 0.0153. The van der Waals surface area contributed by atoms with Crippen LogP contribution in [-0.2, 0) is 0 Å². The van der Waals surface area contributed by atoms with Crippen molar-refractivity contribution in [3.05, 3.63) is 199 Å². The first-order valence-electron chi connectivity index (χ1n) is 16.2. The minimum atomic E-state index is -0.126. The van der Waals surface area contributed by atoms with Crippen molar-refractivity contribution in [2.75, 3.05) is 9.80 Å². The van der Waals surface area contributed by atoms with E-state index in [1.165, 1.54) is 16.7 Å². The number of benzene rings is 7. The van der Waals surface area contributed by atoms with Crippen LogP contribution in [0.1, 0.15) is 28.7 Å². The van der Waals surface area contributed by atoms with Gasteiger partial charge in [-0.2, -0.15) is 0 Å². The van der Waals surface area contributed by atoms with Crippen LogP contribution in [0.25, 0.3) is 16.5 Å². The topological polar surface area (TPSA) is 15.7 Å². The number of nitrogens with zero attached hydrogens (tertiary/aromatic N) is 2. The van der Waals surface area contributed by atoms with Gasteiger partial charge in [0.15, 0.2) is 0 Å². The monoisotopic (exact) mass is 604 g/mol. The molecule has 2 atom stereocenters. The normalized spacial score (nSPS) is 16.0. The van der Waals surface area contributed by atoms with E-state index in [0.29, 0.717) is 0 Å². The first-order chi connectivity index (χ1) is 23.3. The standard InChI is InChI=1S/C44H32N2O/c1-5-17-31(18-6-1)45(32-19-7-2-8-20-32)41-29-39-40-30-42(46(33-21-9-3-10-22-33)34-23-11-4-12-24-34)36-26-14-16-28-38(36)44(40)47-43(39)37-27-15-13-25-35(37)41/h1-30,39,43H. The molecule has 224 valence electrons. The third-order valence-corrected chi connectivity index (χ3v) is 9.35. The fourth-order valence-corrected chi connectivity index (χ4v) is 7.31. The molecule has 9 rings (SSSR count). The van der Waals surface area contributed by atoms with Crippen LogP contribution < -0.4 is 14.5 Å². The second kappa shape index (κ2) is 11.4. The molecule has 1 aliphatic heterocycles. The zero-order chi connectivity index (χ0) is 31.2. The van der Waals surface area contributed by atoms with Gasteiger partial charge >= 0.3 is 0 Å². The highest BCUT2D eigenvalue weighted by Crippen LogP contribution is 2.57. The number of hydrogen-bond acceptors (Lipinski definition) is 3. The fraction of sp³-hybridized carbons (Fsp3) is 0.0455. The van der Waals surface area contributed by atoms with Crippen molar-refractivity contribution in [2.24, 2.45) is 0 Å². The van der Waals surface area contributed by atoms with Crippen LogP contribution in [-0.4, -0.2) is 0 Å². The third kappa shape index (κ3) is 4.59. The zero-order valence-corrected chi connectivity index (χ0v) is 25.8. The summed E-state index contributed by atoms with van der Waals surface area (Å²) in [5.74, 6) is 0.986. The number of anilines is 5. The molecule has 0 saturated carbocycles. The van der Waals surface area contributed by atoms with Crippen molar-refractivity contribution < 1.29 is 4.74 Å². The molecular weight excluding hydrogens is 572 g/mol. The first-order valence-corrected chi connectivity index (χ1v) is 16.2. The Balaban J connectivity index is 1.29. The van der Waals surface area contributed by atoms with Gasteiger partial charge in [0, 0.05) is 56.1 Å². The molecule has 3 nitrogen and oxygen atoms in total. The molecule has 0 radical (unpaired) electrons. The summed E-state index contributed by atoms with van der Waals surface area (Å²) in [4.78, 5) is 4.76. The van der Waals surface area contributed by atoms with Crippen molar-refractivity contribution in [3.63, 3.8) is 0 Å². The minimum Gasteiger partial charge on any atom is -0.484 e. The lowest BCUT2D eigenvalue weighted by atomic mass is 9.81. The average molecular weight is 605 g/mol. The van der Waals surface area contributed by atoms with Crippen molar-refractivity contribution in [1.82, 2.24) is 0 Å². The van der Waals surface area contributed by atoms with E-state index in [1.807, 2.05) is 0 Å². The predicted molar refractivity (Wildman–Crippen MR) is 194 cm³/mol.